The molecule has 1 aliphatic heterocycles. The zero-order valence-electron chi connectivity index (χ0n) is 14.3. The lowest BCUT2D eigenvalue weighted by Crippen LogP contribution is -2.43. The summed E-state index contributed by atoms with van der Waals surface area (Å²) in [7, 11) is 0. The van der Waals surface area contributed by atoms with Gasteiger partial charge in [0.25, 0.3) is 0 Å². The number of hydrogen-bond acceptors (Lipinski definition) is 4. The summed E-state index contributed by atoms with van der Waals surface area (Å²) < 4.78 is 0. The molecule has 1 aliphatic rings. The highest BCUT2D eigenvalue weighted by Gasteiger charge is 2.34. The Balaban J connectivity index is 1.51. The van der Waals surface area contributed by atoms with Gasteiger partial charge in [-0.05, 0) is 36.6 Å². The third kappa shape index (κ3) is 3.43. The van der Waals surface area contributed by atoms with Crippen molar-refractivity contribution in [3.63, 3.8) is 0 Å². The fourth-order valence-corrected chi connectivity index (χ4v) is 3.52. The normalized spacial score (nSPS) is 16.5. The lowest BCUT2D eigenvalue weighted by atomic mass is 9.84. The van der Waals surface area contributed by atoms with E-state index in [0.29, 0.717) is 36.9 Å². The minimum absolute atomic E-state index is 0.632. The lowest BCUT2D eigenvalue weighted by molar-refractivity contribution is 0.0115. The molecule has 5 heteroatoms. The van der Waals surface area contributed by atoms with Crippen molar-refractivity contribution >= 4 is 17.5 Å². The van der Waals surface area contributed by atoms with E-state index in [1.165, 1.54) is 0 Å². The molecule has 0 amide bonds. The Morgan fingerprint density at radius 2 is 1.62 bits per heavy atom. The zero-order chi connectivity index (χ0) is 18.0. The number of nitrogens with zero attached hydrogens (tertiary/aromatic N) is 3. The van der Waals surface area contributed by atoms with Crippen LogP contribution in [0.2, 0.25) is 5.02 Å². The predicted octanol–water partition coefficient (Wildman–Crippen LogP) is 4.29. The van der Waals surface area contributed by atoms with E-state index in [2.05, 4.69) is 9.88 Å². The van der Waals surface area contributed by atoms with Crippen LogP contribution in [0.25, 0.3) is 11.3 Å². The summed E-state index contributed by atoms with van der Waals surface area (Å²) in [4.78, 5) is 11.3. The van der Waals surface area contributed by atoms with Crippen LogP contribution in [0.5, 0.6) is 0 Å². The first kappa shape index (κ1) is 17.0. The van der Waals surface area contributed by atoms with Crippen LogP contribution in [-0.2, 0) is 5.60 Å². The van der Waals surface area contributed by atoms with E-state index in [1.54, 1.807) is 6.20 Å². The van der Waals surface area contributed by atoms with Crippen LogP contribution in [-0.4, -0.2) is 28.2 Å². The van der Waals surface area contributed by atoms with Crippen molar-refractivity contribution in [1.29, 1.82) is 0 Å². The first-order valence-corrected chi connectivity index (χ1v) is 9.14. The maximum Gasteiger partial charge on any atom is 0.225 e. The van der Waals surface area contributed by atoms with E-state index in [0.717, 1.165) is 16.8 Å². The number of anilines is 1. The molecular weight excluding hydrogens is 346 g/mol. The summed E-state index contributed by atoms with van der Waals surface area (Å²) in [6.45, 7) is 1.41. The highest BCUT2D eigenvalue weighted by atomic mass is 35.5. The van der Waals surface area contributed by atoms with Crippen LogP contribution in [0.15, 0.2) is 66.9 Å². The maximum absolute atomic E-state index is 11.0. The molecule has 0 bridgehead atoms. The van der Waals surface area contributed by atoms with Crippen LogP contribution in [0.3, 0.4) is 0 Å². The summed E-state index contributed by atoms with van der Waals surface area (Å²) >= 11 is 5.96. The van der Waals surface area contributed by atoms with Gasteiger partial charge in [0.1, 0.15) is 0 Å². The Bertz CT molecular complexity index is 875. The summed E-state index contributed by atoms with van der Waals surface area (Å²) in [5.41, 5.74) is 2.08. The molecule has 0 aliphatic carbocycles. The van der Waals surface area contributed by atoms with Crippen molar-refractivity contribution in [1.82, 2.24) is 9.97 Å². The number of aromatic nitrogens is 2. The van der Waals surface area contributed by atoms with E-state index in [9.17, 15) is 5.11 Å². The summed E-state index contributed by atoms with van der Waals surface area (Å²) in [5.74, 6) is 0.713. The van der Waals surface area contributed by atoms with Gasteiger partial charge in [-0.1, -0.05) is 54.1 Å². The molecule has 0 spiro atoms. The fourth-order valence-electron chi connectivity index (χ4n) is 3.40. The fraction of sp³-hybridized carbons (Fsp3) is 0.238. The number of benzene rings is 2. The second kappa shape index (κ2) is 7.06. The molecule has 2 heterocycles. The van der Waals surface area contributed by atoms with E-state index < -0.39 is 5.60 Å². The van der Waals surface area contributed by atoms with Crippen LogP contribution in [0.4, 0.5) is 5.95 Å². The van der Waals surface area contributed by atoms with Crippen molar-refractivity contribution in [3.8, 4) is 11.3 Å². The first-order valence-electron chi connectivity index (χ1n) is 8.76. The molecule has 4 nitrogen and oxygen atoms in total. The van der Waals surface area contributed by atoms with Gasteiger partial charge in [0.05, 0.1) is 11.3 Å². The smallest absolute Gasteiger partial charge is 0.225 e. The molecule has 4 rings (SSSR count). The predicted molar refractivity (Wildman–Crippen MR) is 104 cm³/mol. The van der Waals surface area contributed by atoms with Crippen LogP contribution in [0.1, 0.15) is 18.4 Å². The highest BCUT2D eigenvalue weighted by molar-refractivity contribution is 6.30. The number of hydrogen-bond donors (Lipinski definition) is 1. The van der Waals surface area contributed by atoms with E-state index >= 15 is 0 Å². The molecule has 26 heavy (non-hydrogen) atoms. The molecular formula is C21H20ClN3O. The zero-order valence-corrected chi connectivity index (χ0v) is 15.1. The Hall–Kier alpha value is -2.43. The summed E-state index contributed by atoms with van der Waals surface area (Å²) in [6.07, 6.45) is 3.06. The van der Waals surface area contributed by atoms with Gasteiger partial charge in [0.2, 0.25) is 5.95 Å². The van der Waals surface area contributed by atoms with Gasteiger partial charge >= 0.3 is 0 Å². The summed E-state index contributed by atoms with van der Waals surface area (Å²) in [6, 6.07) is 19.5. The quantitative estimate of drug-likeness (QED) is 0.752. The molecule has 1 saturated heterocycles. The number of rotatable bonds is 3. The second-order valence-electron chi connectivity index (χ2n) is 6.63. The van der Waals surface area contributed by atoms with Gasteiger partial charge < -0.3 is 10.0 Å². The molecule has 3 aromatic rings. The summed E-state index contributed by atoms with van der Waals surface area (Å²) in [5, 5.41) is 11.7. The molecule has 132 valence electrons. The van der Waals surface area contributed by atoms with Crippen LogP contribution >= 0.6 is 11.6 Å². The lowest BCUT2D eigenvalue weighted by Gasteiger charge is -2.38. The largest absolute Gasteiger partial charge is 0.385 e. The monoisotopic (exact) mass is 365 g/mol. The van der Waals surface area contributed by atoms with Gasteiger partial charge in [0.15, 0.2) is 0 Å². The number of aliphatic hydroxyl groups is 1. The van der Waals surface area contributed by atoms with Crippen molar-refractivity contribution < 1.29 is 5.11 Å². The van der Waals surface area contributed by atoms with Gasteiger partial charge in [-0.2, -0.15) is 0 Å². The third-order valence-corrected chi connectivity index (χ3v) is 5.22. The number of halogens is 1. The second-order valence-corrected chi connectivity index (χ2v) is 7.07. The first-order chi connectivity index (χ1) is 12.6. The Morgan fingerprint density at radius 3 is 2.31 bits per heavy atom. The minimum Gasteiger partial charge on any atom is -0.385 e. The molecule has 0 atom stereocenters. The molecule has 2 aromatic carbocycles. The van der Waals surface area contributed by atoms with Gasteiger partial charge in [-0.3, -0.25) is 0 Å². The van der Waals surface area contributed by atoms with Gasteiger partial charge in [-0.15, -0.1) is 0 Å². The molecule has 1 N–H and O–H groups in total. The van der Waals surface area contributed by atoms with Crippen molar-refractivity contribution in [2.75, 3.05) is 18.0 Å². The van der Waals surface area contributed by atoms with E-state index in [1.807, 2.05) is 60.7 Å². The van der Waals surface area contributed by atoms with Crippen LogP contribution in [0, 0.1) is 0 Å². The highest BCUT2D eigenvalue weighted by Crippen LogP contribution is 2.34. The molecule has 1 aromatic heterocycles. The minimum atomic E-state index is -0.821. The number of piperidine rings is 1. The molecule has 0 radical (unpaired) electrons. The average Bonchev–Trinajstić information content (AvgIpc) is 2.70. The maximum atomic E-state index is 11.0. The van der Waals surface area contributed by atoms with Gasteiger partial charge in [-0.25, -0.2) is 9.97 Å². The SMILES string of the molecule is OC1(c2ccc(Cl)cc2)CCN(c2nccc(-c3ccccc3)n2)CC1. The third-order valence-electron chi connectivity index (χ3n) is 4.97. The van der Waals surface area contributed by atoms with Crippen LogP contribution < -0.4 is 4.90 Å². The Labute approximate surface area is 158 Å². The Morgan fingerprint density at radius 1 is 0.923 bits per heavy atom. The molecule has 0 unspecified atom stereocenters. The standard InChI is InChI=1S/C21H20ClN3O/c22-18-8-6-17(7-9-18)21(26)11-14-25(15-12-21)20-23-13-10-19(24-20)16-4-2-1-3-5-16/h1-10,13,26H,11-12,14-15H2. The van der Waals surface area contributed by atoms with E-state index in [-0.39, 0.29) is 0 Å². The average molecular weight is 366 g/mol. The van der Waals surface area contributed by atoms with Crippen molar-refractivity contribution in [2.24, 2.45) is 0 Å². The van der Waals surface area contributed by atoms with Crippen molar-refractivity contribution in [2.45, 2.75) is 18.4 Å². The Kier molecular flexibility index (Phi) is 4.62. The van der Waals surface area contributed by atoms with E-state index in [4.69, 9.17) is 16.6 Å². The molecule has 1 fully saturated rings. The topological polar surface area (TPSA) is 49.2 Å². The van der Waals surface area contributed by atoms with Crippen molar-refractivity contribution in [3.05, 3.63) is 77.4 Å². The molecule has 0 saturated carbocycles. The van der Waals surface area contributed by atoms with Gasteiger partial charge in [0, 0.05) is 29.9 Å².